The Bertz CT molecular complexity index is 551. The summed E-state index contributed by atoms with van der Waals surface area (Å²) in [5.41, 5.74) is 0.531. The summed E-state index contributed by atoms with van der Waals surface area (Å²) >= 11 is 0. The molecular weight excluding hydrogens is 307 g/mol. The lowest BCUT2D eigenvalue weighted by molar-refractivity contribution is -0.136. The van der Waals surface area contributed by atoms with Crippen LogP contribution in [0.2, 0.25) is 0 Å². The van der Waals surface area contributed by atoms with Crippen molar-refractivity contribution in [3.05, 3.63) is 30.1 Å². The van der Waals surface area contributed by atoms with Crippen LogP contribution in [-0.4, -0.2) is 29.3 Å². The number of amides is 2. The van der Waals surface area contributed by atoms with E-state index in [1.165, 1.54) is 49.9 Å². The van der Waals surface area contributed by atoms with Gasteiger partial charge in [0.1, 0.15) is 12.4 Å². The van der Waals surface area contributed by atoms with Crippen LogP contribution in [0, 0.1) is 11.7 Å². The van der Waals surface area contributed by atoms with Gasteiger partial charge in [0, 0.05) is 18.2 Å². The first-order valence-corrected chi connectivity index (χ1v) is 8.80. The minimum absolute atomic E-state index is 0.0263. The first-order valence-electron chi connectivity index (χ1n) is 8.80. The van der Waals surface area contributed by atoms with E-state index >= 15 is 0 Å². The molecule has 2 rings (SSSR count). The standard InChI is InChI=1S/C19H27FN2O2/c1-14(2)22(19(24)12-7-15-5-3-4-6-15)13-18(23)21-17-10-8-16(20)9-11-17/h8-11,14-15H,3-7,12-13H2,1-2H3,(H,21,23). The average molecular weight is 334 g/mol. The van der Waals surface area contributed by atoms with Crippen molar-refractivity contribution < 1.29 is 14.0 Å². The van der Waals surface area contributed by atoms with Gasteiger partial charge in [-0.05, 0) is 50.5 Å². The number of halogens is 1. The maximum Gasteiger partial charge on any atom is 0.244 e. The van der Waals surface area contributed by atoms with Crippen molar-refractivity contribution in [2.24, 2.45) is 5.92 Å². The second-order valence-corrected chi connectivity index (χ2v) is 6.86. The number of benzene rings is 1. The number of hydrogen-bond acceptors (Lipinski definition) is 2. The van der Waals surface area contributed by atoms with Crippen LogP contribution < -0.4 is 5.32 Å². The first-order chi connectivity index (χ1) is 11.5. The van der Waals surface area contributed by atoms with E-state index in [0.717, 1.165) is 6.42 Å². The summed E-state index contributed by atoms with van der Waals surface area (Å²) < 4.78 is 12.9. The van der Waals surface area contributed by atoms with E-state index < -0.39 is 0 Å². The Hall–Kier alpha value is -1.91. The van der Waals surface area contributed by atoms with Crippen molar-refractivity contribution in [1.29, 1.82) is 0 Å². The smallest absolute Gasteiger partial charge is 0.244 e. The Kier molecular flexibility index (Phi) is 6.76. The molecule has 1 aromatic rings. The van der Waals surface area contributed by atoms with Crippen molar-refractivity contribution >= 4 is 17.5 Å². The van der Waals surface area contributed by atoms with Gasteiger partial charge in [0.25, 0.3) is 0 Å². The number of carbonyl (C=O) groups is 2. The zero-order valence-corrected chi connectivity index (χ0v) is 14.6. The zero-order valence-electron chi connectivity index (χ0n) is 14.6. The van der Waals surface area contributed by atoms with Crippen LogP contribution in [0.1, 0.15) is 52.4 Å². The van der Waals surface area contributed by atoms with E-state index in [1.54, 1.807) is 4.90 Å². The minimum Gasteiger partial charge on any atom is -0.331 e. The third-order valence-corrected chi connectivity index (χ3v) is 4.63. The summed E-state index contributed by atoms with van der Waals surface area (Å²) in [6.45, 7) is 3.86. The van der Waals surface area contributed by atoms with Gasteiger partial charge >= 0.3 is 0 Å². The molecule has 0 aromatic heterocycles. The molecule has 0 aliphatic heterocycles. The van der Waals surface area contributed by atoms with E-state index in [-0.39, 0.29) is 30.2 Å². The van der Waals surface area contributed by atoms with Crippen LogP contribution in [0.5, 0.6) is 0 Å². The maximum atomic E-state index is 12.9. The highest BCUT2D eigenvalue weighted by Gasteiger charge is 2.22. The molecule has 0 unspecified atom stereocenters. The van der Waals surface area contributed by atoms with E-state index in [0.29, 0.717) is 18.0 Å². The fourth-order valence-corrected chi connectivity index (χ4v) is 3.22. The lowest BCUT2D eigenvalue weighted by Crippen LogP contribution is -2.42. The van der Waals surface area contributed by atoms with E-state index in [9.17, 15) is 14.0 Å². The lowest BCUT2D eigenvalue weighted by Gasteiger charge is -2.26. The molecular formula is C19H27FN2O2. The van der Waals surface area contributed by atoms with Crippen LogP contribution in [0.4, 0.5) is 10.1 Å². The molecule has 4 nitrogen and oxygen atoms in total. The van der Waals surface area contributed by atoms with Gasteiger partial charge in [-0.25, -0.2) is 4.39 Å². The summed E-state index contributed by atoms with van der Waals surface area (Å²) in [5, 5.41) is 2.71. The van der Waals surface area contributed by atoms with E-state index in [1.807, 2.05) is 13.8 Å². The summed E-state index contributed by atoms with van der Waals surface area (Å²) in [5.74, 6) is 0.0885. The molecule has 1 aromatic carbocycles. The van der Waals surface area contributed by atoms with Crippen LogP contribution in [-0.2, 0) is 9.59 Å². The molecule has 0 heterocycles. The Labute approximate surface area is 143 Å². The zero-order chi connectivity index (χ0) is 17.5. The van der Waals surface area contributed by atoms with Crippen molar-refractivity contribution in [3.63, 3.8) is 0 Å². The number of carbonyl (C=O) groups excluding carboxylic acids is 2. The third-order valence-electron chi connectivity index (χ3n) is 4.63. The van der Waals surface area contributed by atoms with Crippen LogP contribution in [0.25, 0.3) is 0 Å². The molecule has 1 N–H and O–H groups in total. The summed E-state index contributed by atoms with van der Waals surface area (Å²) in [4.78, 5) is 26.3. The fraction of sp³-hybridized carbons (Fsp3) is 0.579. The van der Waals surface area contributed by atoms with Gasteiger partial charge in [-0.15, -0.1) is 0 Å². The number of hydrogen-bond donors (Lipinski definition) is 1. The van der Waals surface area contributed by atoms with Gasteiger partial charge in [-0.1, -0.05) is 25.7 Å². The lowest BCUT2D eigenvalue weighted by atomic mass is 10.0. The second-order valence-electron chi connectivity index (χ2n) is 6.86. The highest BCUT2D eigenvalue weighted by atomic mass is 19.1. The van der Waals surface area contributed by atoms with Crippen molar-refractivity contribution in [2.75, 3.05) is 11.9 Å². The minimum atomic E-state index is -0.348. The Balaban J connectivity index is 1.85. The number of rotatable bonds is 7. The van der Waals surface area contributed by atoms with Crippen molar-refractivity contribution in [1.82, 2.24) is 4.90 Å². The topological polar surface area (TPSA) is 49.4 Å². The monoisotopic (exact) mass is 334 g/mol. The normalized spacial score (nSPS) is 14.8. The maximum absolute atomic E-state index is 12.9. The predicted molar refractivity (Wildman–Crippen MR) is 93.1 cm³/mol. The second kappa shape index (κ2) is 8.81. The highest BCUT2D eigenvalue weighted by Crippen LogP contribution is 2.28. The predicted octanol–water partition coefficient (Wildman–Crippen LogP) is 3.97. The molecule has 1 saturated carbocycles. The number of nitrogens with one attached hydrogen (secondary N) is 1. The van der Waals surface area contributed by atoms with Crippen LogP contribution in [0.15, 0.2) is 24.3 Å². The van der Waals surface area contributed by atoms with Crippen LogP contribution >= 0.6 is 0 Å². The molecule has 24 heavy (non-hydrogen) atoms. The van der Waals surface area contributed by atoms with Crippen LogP contribution in [0.3, 0.4) is 0 Å². The molecule has 0 saturated heterocycles. The van der Waals surface area contributed by atoms with Gasteiger partial charge in [-0.2, -0.15) is 0 Å². The molecule has 0 radical (unpaired) electrons. The highest BCUT2D eigenvalue weighted by molar-refractivity contribution is 5.94. The number of nitrogens with zero attached hydrogens (tertiary/aromatic N) is 1. The summed E-state index contributed by atoms with van der Waals surface area (Å²) in [6.07, 6.45) is 6.41. The Morgan fingerprint density at radius 1 is 1.21 bits per heavy atom. The molecule has 1 fully saturated rings. The molecule has 2 amide bonds. The van der Waals surface area contributed by atoms with Crippen molar-refractivity contribution in [3.8, 4) is 0 Å². The Morgan fingerprint density at radius 3 is 2.42 bits per heavy atom. The summed E-state index contributed by atoms with van der Waals surface area (Å²) in [7, 11) is 0. The molecule has 132 valence electrons. The quantitative estimate of drug-likeness (QED) is 0.820. The van der Waals surface area contributed by atoms with Gasteiger partial charge in [-0.3, -0.25) is 9.59 Å². The molecule has 0 spiro atoms. The van der Waals surface area contributed by atoms with Crippen molar-refractivity contribution in [2.45, 2.75) is 58.4 Å². The summed E-state index contributed by atoms with van der Waals surface area (Å²) in [6, 6.07) is 5.58. The van der Waals surface area contributed by atoms with E-state index in [2.05, 4.69) is 5.32 Å². The molecule has 1 aliphatic carbocycles. The molecule has 5 heteroatoms. The van der Waals surface area contributed by atoms with Gasteiger partial charge in [0.15, 0.2) is 0 Å². The van der Waals surface area contributed by atoms with Gasteiger partial charge in [0.2, 0.25) is 11.8 Å². The number of anilines is 1. The Morgan fingerprint density at radius 2 is 1.83 bits per heavy atom. The molecule has 1 aliphatic rings. The molecule has 0 bridgehead atoms. The van der Waals surface area contributed by atoms with Gasteiger partial charge in [0.05, 0.1) is 0 Å². The van der Waals surface area contributed by atoms with E-state index in [4.69, 9.17) is 0 Å². The fourth-order valence-electron chi connectivity index (χ4n) is 3.22. The largest absolute Gasteiger partial charge is 0.331 e. The third kappa shape index (κ3) is 5.62. The molecule has 0 atom stereocenters. The average Bonchev–Trinajstić information content (AvgIpc) is 3.06. The first kappa shape index (κ1) is 18.4. The SMILES string of the molecule is CC(C)N(CC(=O)Nc1ccc(F)cc1)C(=O)CCC1CCCC1. The van der Waals surface area contributed by atoms with Gasteiger partial charge < -0.3 is 10.2 Å².